The third kappa shape index (κ3) is 3.95. The number of allylic oxidation sites excluding steroid dienone is 2. The number of para-hydroxylation sites is 4. The number of aromatic nitrogens is 2. The van der Waals surface area contributed by atoms with E-state index < -0.39 is 0 Å². The van der Waals surface area contributed by atoms with E-state index >= 15 is 0 Å². The Hall–Kier alpha value is -6.78. The second-order valence-electron chi connectivity index (χ2n) is 14.7. The van der Waals surface area contributed by atoms with Gasteiger partial charge in [0, 0.05) is 49.3 Å². The van der Waals surface area contributed by atoms with E-state index in [4.69, 9.17) is 9.15 Å². The molecule has 0 N–H and O–H groups in total. The SMILES string of the molecule is CC12C=C(n3c4ccccc4c4ccccc43)C=CC1Oc1ccc(-c3ccc4oc5ccc(-n6c7ccccc7c7ccccc76)cc5c4c3)cc12. The van der Waals surface area contributed by atoms with Crippen molar-refractivity contribution in [1.29, 1.82) is 0 Å². The predicted molar refractivity (Wildman–Crippen MR) is 218 cm³/mol. The molecule has 2 aliphatic rings. The number of rotatable bonds is 3. The lowest BCUT2D eigenvalue weighted by molar-refractivity contribution is 0.228. The molecule has 0 radical (unpaired) electrons. The summed E-state index contributed by atoms with van der Waals surface area (Å²) in [5.41, 5.74) is 12.0. The van der Waals surface area contributed by atoms with Crippen LogP contribution in [0, 0.1) is 0 Å². The Labute approximate surface area is 305 Å². The maximum atomic E-state index is 6.61. The lowest BCUT2D eigenvalue weighted by Crippen LogP contribution is -2.34. The van der Waals surface area contributed by atoms with Gasteiger partial charge < -0.3 is 18.3 Å². The summed E-state index contributed by atoms with van der Waals surface area (Å²) < 4.78 is 17.8. The van der Waals surface area contributed by atoms with Gasteiger partial charge in [0.15, 0.2) is 0 Å². The van der Waals surface area contributed by atoms with Gasteiger partial charge >= 0.3 is 0 Å². The molecule has 0 amide bonds. The molecule has 7 aromatic carbocycles. The Morgan fingerprint density at radius 3 is 1.68 bits per heavy atom. The van der Waals surface area contributed by atoms with Crippen LogP contribution in [0.1, 0.15) is 12.5 Å². The third-order valence-corrected chi connectivity index (χ3v) is 11.8. The second-order valence-corrected chi connectivity index (χ2v) is 14.7. The summed E-state index contributed by atoms with van der Waals surface area (Å²) in [4.78, 5) is 0. The van der Waals surface area contributed by atoms with Crippen molar-refractivity contribution in [2.24, 2.45) is 0 Å². The Morgan fingerprint density at radius 1 is 0.509 bits per heavy atom. The fourth-order valence-electron chi connectivity index (χ4n) is 9.21. The van der Waals surface area contributed by atoms with Crippen molar-refractivity contribution in [3.8, 4) is 22.6 Å². The quantitative estimate of drug-likeness (QED) is 0.186. The van der Waals surface area contributed by atoms with E-state index in [-0.39, 0.29) is 11.5 Å². The minimum atomic E-state index is -0.342. The first-order valence-corrected chi connectivity index (χ1v) is 18.3. The van der Waals surface area contributed by atoms with Gasteiger partial charge in [-0.3, -0.25) is 0 Å². The maximum absolute atomic E-state index is 6.61. The Morgan fingerprint density at radius 2 is 1.04 bits per heavy atom. The van der Waals surface area contributed by atoms with Crippen LogP contribution in [-0.2, 0) is 5.41 Å². The summed E-state index contributed by atoms with van der Waals surface area (Å²) in [6.07, 6.45) is 6.79. The molecule has 2 atom stereocenters. The highest BCUT2D eigenvalue weighted by Crippen LogP contribution is 2.50. The number of benzene rings is 7. The van der Waals surface area contributed by atoms with Crippen LogP contribution in [-0.4, -0.2) is 15.2 Å². The molecule has 10 aromatic rings. The van der Waals surface area contributed by atoms with Crippen LogP contribution in [0.15, 0.2) is 174 Å². The normalized spacial score (nSPS) is 18.0. The molecule has 12 rings (SSSR count). The van der Waals surface area contributed by atoms with E-state index in [1.54, 1.807) is 0 Å². The van der Waals surface area contributed by atoms with Gasteiger partial charge in [-0.1, -0.05) is 84.9 Å². The summed E-state index contributed by atoms with van der Waals surface area (Å²) in [6.45, 7) is 2.31. The van der Waals surface area contributed by atoms with E-state index in [2.05, 4.69) is 186 Å². The number of hydrogen-bond donors (Lipinski definition) is 0. The zero-order chi connectivity index (χ0) is 34.8. The first-order valence-electron chi connectivity index (χ1n) is 18.3. The first-order chi connectivity index (χ1) is 26.1. The molecule has 1 aliphatic heterocycles. The highest BCUT2D eigenvalue weighted by atomic mass is 16.5. The lowest BCUT2D eigenvalue weighted by Gasteiger charge is -2.30. The van der Waals surface area contributed by atoms with Crippen molar-refractivity contribution < 1.29 is 9.15 Å². The van der Waals surface area contributed by atoms with Gasteiger partial charge in [-0.05, 0) is 103 Å². The van der Waals surface area contributed by atoms with E-state index in [1.807, 2.05) is 0 Å². The summed E-state index contributed by atoms with van der Waals surface area (Å²) in [6, 6.07) is 54.5. The van der Waals surface area contributed by atoms with Crippen molar-refractivity contribution in [3.63, 3.8) is 0 Å². The van der Waals surface area contributed by atoms with Crippen LogP contribution in [0.5, 0.6) is 5.75 Å². The predicted octanol–water partition coefficient (Wildman–Crippen LogP) is 12.6. The Balaban J connectivity index is 0.984. The monoisotopic (exact) mass is 680 g/mol. The maximum Gasteiger partial charge on any atom is 0.135 e. The molecule has 0 spiro atoms. The van der Waals surface area contributed by atoms with E-state index in [0.29, 0.717) is 0 Å². The summed E-state index contributed by atoms with van der Waals surface area (Å²) >= 11 is 0. The molecule has 0 saturated carbocycles. The minimum absolute atomic E-state index is 0.0795. The number of ether oxygens (including phenoxy) is 1. The van der Waals surface area contributed by atoms with Gasteiger partial charge in [0.25, 0.3) is 0 Å². The molecule has 4 heterocycles. The molecule has 0 saturated heterocycles. The Kier molecular flexibility index (Phi) is 5.66. The molecule has 1 aliphatic carbocycles. The smallest absolute Gasteiger partial charge is 0.135 e. The summed E-state index contributed by atoms with van der Waals surface area (Å²) in [7, 11) is 0. The molecule has 53 heavy (non-hydrogen) atoms. The highest BCUT2D eigenvalue weighted by Gasteiger charge is 2.44. The fraction of sp³-hybridized carbons (Fsp3) is 0.0612. The van der Waals surface area contributed by atoms with Crippen molar-refractivity contribution in [3.05, 3.63) is 175 Å². The van der Waals surface area contributed by atoms with E-state index in [0.717, 1.165) is 50.2 Å². The summed E-state index contributed by atoms with van der Waals surface area (Å²) in [5, 5.41) is 7.25. The average Bonchev–Trinajstić information content (AvgIpc) is 3.93. The van der Waals surface area contributed by atoms with E-state index in [1.165, 1.54) is 49.2 Å². The van der Waals surface area contributed by atoms with Crippen molar-refractivity contribution in [1.82, 2.24) is 9.13 Å². The van der Waals surface area contributed by atoms with Crippen LogP contribution in [0.2, 0.25) is 0 Å². The molecule has 4 nitrogen and oxygen atoms in total. The van der Waals surface area contributed by atoms with Gasteiger partial charge in [0.05, 0.1) is 27.5 Å². The Bertz CT molecular complexity index is 3130. The van der Waals surface area contributed by atoms with Crippen LogP contribution in [0.3, 0.4) is 0 Å². The lowest BCUT2D eigenvalue weighted by atomic mass is 9.75. The number of hydrogen-bond acceptors (Lipinski definition) is 2. The van der Waals surface area contributed by atoms with Crippen molar-refractivity contribution >= 4 is 71.2 Å². The van der Waals surface area contributed by atoms with Gasteiger partial charge in [-0.2, -0.15) is 0 Å². The van der Waals surface area contributed by atoms with Crippen LogP contribution in [0.4, 0.5) is 0 Å². The topological polar surface area (TPSA) is 32.2 Å². The molecule has 0 fully saturated rings. The fourth-order valence-corrected chi connectivity index (χ4v) is 9.21. The van der Waals surface area contributed by atoms with Gasteiger partial charge in [0.1, 0.15) is 23.0 Å². The average molecular weight is 681 g/mol. The molecular weight excluding hydrogens is 649 g/mol. The molecule has 4 heteroatoms. The standard InChI is InChI=1S/C49H32N2O2/c1-49-29-33(51-43-16-8-4-12-36(43)37-13-5-9-17-44(37)51)21-25-48(49)53-47-23-19-31(27-40(47)49)30-18-22-45-38(26-30)39-28-32(20-24-46(39)52-45)50-41-14-6-2-10-34(41)35-11-3-7-15-42(35)50/h2-29,48H,1H3. The second kappa shape index (κ2) is 10.4. The molecule has 0 bridgehead atoms. The molecule has 3 aromatic heterocycles. The van der Waals surface area contributed by atoms with Gasteiger partial charge in [-0.25, -0.2) is 0 Å². The zero-order valence-electron chi connectivity index (χ0n) is 29.0. The number of fused-ring (bicyclic) bond motifs is 12. The first kappa shape index (κ1) is 28.9. The molecule has 2 unspecified atom stereocenters. The zero-order valence-corrected chi connectivity index (χ0v) is 29.0. The van der Waals surface area contributed by atoms with Crippen LogP contribution < -0.4 is 4.74 Å². The van der Waals surface area contributed by atoms with Crippen molar-refractivity contribution in [2.45, 2.75) is 18.4 Å². The molecular formula is C49H32N2O2. The highest BCUT2D eigenvalue weighted by molar-refractivity contribution is 6.12. The van der Waals surface area contributed by atoms with Gasteiger partial charge in [-0.15, -0.1) is 0 Å². The van der Waals surface area contributed by atoms with Crippen LogP contribution >= 0.6 is 0 Å². The van der Waals surface area contributed by atoms with E-state index in [9.17, 15) is 0 Å². The largest absolute Gasteiger partial charge is 0.485 e. The van der Waals surface area contributed by atoms with Crippen molar-refractivity contribution in [2.75, 3.05) is 0 Å². The third-order valence-electron chi connectivity index (χ3n) is 11.8. The van der Waals surface area contributed by atoms with Gasteiger partial charge in [0.2, 0.25) is 0 Å². The van der Waals surface area contributed by atoms with Crippen LogP contribution in [0.25, 0.3) is 88.1 Å². The number of nitrogens with zero attached hydrogens (tertiary/aromatic N) is 2. The molecule has 250 valence electrons. The number of furan rings is 1. The summed E-state index contributed by atoms with van der Waals surface area (Å²) in [5.74, 6) is 0.941. The minimum Gasteiger partial charge on any atom is -0.485 e.